The summed E-state index contributed by atoms with van der Waals surface area (Å²) in [5.41, 5.74) is 1.49. The number of nitrogens with one attached hydrogen (secondary N) is 1. The molecule has 146 valence electrons. The van der Waals surface area contributed by atoms with Crippen LogP contribution in [0.1, 0.15) is 18.5 Å². The number of carbonyl (C=O) groups is 1. The van der Waals surface area contributed by atoms with Gasteiger partial charge in [0.1, 0.15) is 11.4 Å². The lowest BCUT2D eigenvalue weighted by Gasteiger charge is -2.07. The molecule has 0 unspecified atom stereocenters. The molecule has 0 aliphatic carbocycles. The van der Waals surface area contributed by atoms with Crippen LogP contribution in [0.4, 0.5) is 5.69 Å². The summed E-state index contributed by atoms with van der Waals surface area (Å²) in [7, 11) is 1.79. The van der Waals surface area contributed by atoms with Crippen LogP contribution in [0, 0.1) is 6.92 Å². The number of ether oxygens (including phenoxy) is 1. The molecule has 0 aliphatic heterocycles. The van der Waals surface area contributed by atoms with Gasteiger partial charge in [0.15, 0.2) is 0 Å². The highest BCUT2D eigenvalue weighted by Gasteiger charge is 2.17. The van der Waals surface area contributed by atoms with Crippen molar-refractivity contribution in [3.63, 3.8) is 0 Å². The molecule has 0 bridgehead atoms. The van der Waals surface area contributed by atoms with Crippen molar-refractivity contribution in [2.75, 3.05) is 11.9 Å². The average molecular weight is 400 g/mol. The van der Waals surface area contributed by atoms with E-state index in [2.05, 4.69) is 5.32 Å². The minimum absolute atomic E-state index is 0.217. The third-order valence-electron chi connectivity index (χ3n) is 4.45. The first-order valence-corrected chi connectivity index (χ1v) is 9.37. The van der Waals surface area contributed by atoms with Gasteiger partial charge in [-0.1, -0.05) is 29.8 Å². The van der Waals surface area contributed by atoms with Gasteiger partial charge < -0.3 is 10.1 Å². The van der Waals surface area contributed by atoms with E-state index in [1.165, 1.54) is 4.68 Å². The predicted molar refractivity (Wildman–Crippen MR) is 111 cm³/mol. The van der Waals surface area contributed by atoms with E-state index in [9.17, 15) is 9.59 Å². The molecule has 0 spiro atoms. The molecule has 2 aromatic carbocycles. The van der Waals surface area contributed by atoms with Crippen LogP contribution >= 0.6 is 11.6 Å². The molecule has 1 heterocycles. The number of benzene rings is 2. The lowest BCUT2D eigenvalue weighted by molar-refractivity contribution is -0.116. The summed E-state index contributed by atoms with van der Waals surface area (Å²) in [5, 5.41) is 3.39. The standard InChI is InChI=1S/C21H22ClN3O3/c1-15-20(21(27)25(24(15)2)17-7-4-3-5-8-17)23-19(26)9-6-14-28-18-12-10-16(22)11-13-18/h3-5,7-8,10-13H,6,9,14H2,1-2H3,(H,23,26). The van der Waals surface area contributed by atoms with E-state index < -0.39 is 0 Å². The Morgan fingerprint density at radius 3 is 2.46 bits per heavy atom. The van der Waals surface area contributed by atoms with E-state index in [0.717, 1.165) is 5.69 Å². The molecule has 0 saturated carbocycles. The van der Waals surface area contributed by atoms with Crippen molar-refractivity contribution >= 4 is 23.2 Å². The smallest absolute Gasteiger partial charge is 0.295 e. The van der Waals surface area contributed by atoms with Gasteiger partial charge in [0.2, 0.25) is 5.91 Å². The van der Waals surface area contributed by atoms with Crippen molar-refractivity contribution in [2.45, 2.75) is 19.8 Å². The Labute approximate surface area is 168 Å². The van der Waals surface area contributed by atoms with Gasteiger partial charge in [0, 0.05) is 18.5 Å². The molecule has 0 radical (unpaired) electrons. The van der Waals surface area contributed by atoms with Gasteiger partial charge in [-0.05, 0) is 49.7 Å². The van der Waals surface area contributed by atoms with Crippen LogP contribution in [-0.4, -0.2) is 21.9 Å². The van der Waals surface area contributed by atoms with Crippen molar-refractivity contribution in [3.8, 4) is 11.4 Å². The number of amides is 1. The molecular formula is C21H22ClN3O3. The lowest BCUT2D eigenvalue weighted by Crippen LogP contribution is -2.23. The van der Waals surface area contributed by atoms with E-state index in [1.54, 1.807) is 42.9 Å². The van der Waals surface area contributed by atoms with Crippen LogP contribution < -0.4 is 15.6 Å². The Hall–Kier alpha value is -2.99. The summed E-state index contributed by atoms with van der Waals surface area (Å²) < 4.78 is 8.85. The zero-order chi connectivity index (χ0) is 20.1. The fourth-order valence-electron chi connectivity index (χ4n) is 2.87. The fourth-order valence-corrected chi connectivity index (χ4v) is 2.99. The maximum Gasteiger partial charge on any atom is 0.295 e. The highest BCUT2D eigenvalue weighted by atomic mass is 35.5. The molecule has 1 aromatic heterocycles. The van der Waals surface area contributed by atoms with Crippen molar-refractivity contribution in [2.24, 2.45) is 7.05 Å². The number of hydrogen-bond acceptors (Lipinski definition) is 3. The second kappa shape index (κ2) is 8.80. The van der Waals surface area contributed by atoms with Crippen LogP contribution in [0.5, 0.6) is 5.75 Å². The van der Waals surface area contributed by atoms with Gasteiger partial charge in [0.05, 0.1) is 18.0 Å². The Morgan fingerprint density at radius 2 is 1.79 bits per heavy atom. The number of nitrogens with zero attached hydrogens (tertiary/aromatic N) is 2. The van der Waals surface area contributed by atoms with Crippen molar-refractivity contribution in [1.82, 2.24) is 9.36 Å². The minimum Gasteiger partial charge on any atom is -0.494 e. The van der Waals surface area contributed by atoms with Crippen molar-refractivity contribution in [3.05, 3.63) is 75.7 Å². The van der Waals surface area contributed by atoms with Crippen LogP contribution in [0.3, 0.4) is 0 Å². The molecular weight excluding hydrogens is 378 g/mol. The van der Waals surface area contributed by atoms with Crippen molar-refractivity contribution < 1.29 is 9.53 Å². The molecule has 6 nitrogen and oxygen atoms in total. The topological polar surface area (TPSA) is 65.3 Å². The average Bonchev–Trinajstić information content (AvgIpc) is 2.90. The van der Waals surface area contributed by atoms with Gasteiger partial charge in [-0.25, -0.2) is 4.68 Å². The molecule has 28 heavy (non-hydrogen) atoms. The summed E-state index contributed by atoms with van der Waals surface area (Å²) in [6.45, 7) is 2.21. The van der Waals surface area contributed by atoms with Gasteiger partial charge in [-0.2, -0.15) is 0 Å². The molecule has 0 saturated heterocycles. The normalized spacial score (nSPS) is 10.7. The van der Waals surface area contributed by atoms with E-state index in [0.29, 0.717) is 35.2 Å². The van der Waals surface area contributed by atoms with Crippen LogP contribution in [-0.2, 0) is 11.8 Å². The Bertz CT molecular complexity index is 1010. The van der Waals surface area contributed by atoms with Crippen LogP contribution in [0.2, 0.25) is 5.02 Å². The summed E-state index contributed by atoms with van der Waals surface area (Å²) in [5.74, 6) is 0.486. The summed E-state index contributed by atoms with van der Waals surface area (Å²) in [6, 6.07) is 16.4. The Morgan fingerprint density at radius 1 is 1.11 bits per heavy atom. The number of hydrogen-bond donors (Lipinski definition) is 1. The summed E-state index contributed by atoms with van der Waals surface area (Å²) >= 11 is 5.83. The minimum atomic E-state index is -0.253. The van der Waals surface area contributed by atoms with E-state index in [-0.39, 0.29) is 17.9 Å². The second-order valence-electron chi connectivity index (χ2n) is 6.39. The van der Waals surface area contributed by atoms with Gasteiger partial charge in [-0.3, -0.25) is 14.3 Å². The maximum atomic E-state index is 12.8. The van der Waals surface area contributed by atoms with E-state index in [4.69, 9.17) is 16.3 Å². The second-order valence-corrected chi connectivity index (χ2v) is 6.83. The van der Waals surface area contributed by atoms with Gasteiger partial charge >= 0.3 is 0 Å². The number of carbonyl (C=O) groups excluding carboxylic acids is 1. The summed E-state index contributed by atoms with van der Waals surface area (Å²) in [4.78, 5) is 25.1. The third kappa shape index (κ3) is 4.46. The number of anilines is 1. The van der Waals surface area contributed by atoms with Crippen LogP contribution in [0.15, 0.2) is 59.4 Å². The third-order valence-corrected chi connectivity index (χ3v) is 4.70. The monoisotopic (exact) mass is 399 g/mol. The van der Waals surface area contributed by atoms with Gasteiger partial charge in [-0.15, -0.1) is 0 Å². The SMILES string of the molecule is Cc1c(NC(=O)CCCOc2ccc(Cl)cc2)c(=O)n(-c2ccccc2)n1C. The zero-order valence-corrected chi connectivity index (χ0v) is 16.6. The first-order valence-electron chi connectivity index (χ1n) is 8.99. The molecule has 3 rings (SSSR count). The number of para-hydroxylation sites is 1. The zero-order valence-electron chi connectivity index (χ0n) is 15.8. The molecule has 3 aromatic rings. The van der Waals surface area contributed by atoms with Crippen molar-refractivity contribution in [1.29, 1.82) is 0 Å². The Balaban J connectivity index is 1.60. The van der Waals surface area contributed by atoms with E-state index >= 15 is 0 Å². The molecule has 0 atom stereocenters. The fraction of sp³-hybridized carbons (Fsp3) is 0.238. The summed E-state index contributed by atoms with van der Waals surface area (Å²) in [6.07, 6.45) is 0.792. The van der Waals surface area contributed by atoms with Gasteiger partial charge in [0.25, 0.3) is 5.56 Å². The largest absolute Gasteiger partial charge is 0.494 e. The first kappa shape index (κ1) is 19.8. The molecule has 0 fully saturated rings. The molecule has 1 N–H and O–H groups in total. The number of rotatable bonds is 7. The molecule has 0 aliphatic rings. The maximum absolute atomic E-state index is 12.8. The Kier molecular flexibility index (Phi) is 6.21. The van der Waals surface area contributed by atoms with Crippen LogP contribution in [0.25, 0.3) is 5.69 Å². The first-order chi connectivity index (χ1) is 13.5. The van der Waals surface area contributed by atoms with E-state index in [1.807, 2.05) is 30.3 Å². The predicted octanol–water partition coefficient (Wildman–Crippen LogP) is 3.94. The number of halogens is 1. The highest BCUT2D eigenvalue weighted by Crippen LogP contribution is 2.16. The highest BCUT2D eigenvalue weighted by molar-refractivity contribution is 6.30. The lowest BCUT2D eigenvalue weighted by atomic mass is 10.3. The quantitative estimate of drug-likeness (QED) is 0.612. The number of aromatic nitrogens is 2. The molecule has 7 heteroatoms. The molecule has 1 amide bonds.